The summed E-state index contributed by atoms with van der Waals surface area (Å²) in [5, 5.41) is 6.62. The molecule has 0 amide bonds. The smallest absolute Gasteiger partial charge is 0.191 e. The molecule has 1 aromatic carbocycles. The van der Waals surface area contributed by atoms with E-state index >= 15 is 0 Å². The molecular formula is C19H32IN3O3. The summed E-state index contributed by atoms with van der Waals surface area (Å²) >= 11 is 0. The van der Waals surface area contributed by atoms with E-state index in [-0.39, 0.29) is 24.0 Å². The van der Waals surface area contributed by atoms with Crippen molar-refractivity contribution >= 4 is 29.9 Å². The van der Waals surface area contributed by atoms with Gasteiger partial charge in [-0.1, -0.05) is 12.1 Å². The van der Waals surface area contributed by atoms with Crippen LogP contribution in [0.5, 0.6) is 5.75 Å². The largest absolute Gasteiger partial charge is 0.496 e. The van der Waals surface area contributed by atoms with Crippen molar-refractivity contribution in [3.63, 3.8) is 0 Å². The molecule has 1 aromatic rings. The number of guanidine groups is 1. The van der Waals surface area contributed by atoms with Gasteiger partial charge in [0.15, 0.2) is 5.96 Å². The summed E-state index contributed by atoms with van der Waals surface area (Å²) in [5.74, 6) is 1.67. The number of nitrogens with zero attached hydrogens (tertiary/aromatic N) is 1. The molecule has 1 heterocycles. The van der Waals surface area contributed by atoms with Crippen LogP contribution in [0.25, 0.3) is 0 Å². The van der Waals surface area contributed by atoms with Crippen molar-refractivity contribution in [3.8, 4) is 5.75 Å². The number of ether oxygens (including phenoxy) is 3. The Morgan fingerprint density at radius 1 is 1.35 bits per heavy atom. The van der Waals surface area contributed by atoms with E-state index in [0.717, 1.165) is 56.3 Å². The Hall–Kier alpha value is -1.06. The summed E-state index contributed by atoms with van der Waals surface area (Å²) in [6, 6.07) is 6.20. The SMILES string of the molecule is CN=C(NCCCOCC1CCCO1)NCc1ccc(C)cc1OC.I. The summed E-state index contributed by atoms with van der Waals surface area (Å²) in [4.78, 5) is 4.25. The predicted molar refractivity (Wildman–Crippen MR) is 116 cm³/mol. The highest BCUT2D eigenvalue weighted by Gasteiger charge is 2.14. The Labute approximate surface area is 174 Å². The molecule has 7 heteroatoms. The van der Waals surface area contributed by atoms with Crippen molar-refractivity contribution in [1.82, 2.24) is 10.6 Å². The fraction of sp³-hybridized carbons (Fsp3) is 0.632. The van der Waals surface area contributed by atoms with Crippen molar-refractivity contribution in [1.29, 1.82) is 0 Å². The van der Waals surface area contributed by atoms with Crippen LogP contribution in [0.1, 0.15) is 30.4 Å². The molecule has 6 nitrogen and oxygen atoms in total. The zero-order valence-corrected chi connectivity index (χ0v) is 18.4. The third-order valence-corrected chi connectivity index (χ3v) is 4.20. The monoisotopic (exact) mass is 477 g/mol. The van der Waals surface area contributed by atoms with E-state index in [9.17, 15) is 0 Å². The molecule has 0 aliphatic carbocycles. The molecule has 1 aliphatic rings. The topological polar surface area (TPSA) is 64.1 Å². The van der Waals surface area contributed by atoms with Crippen LogP contribution in [0.3, 0.4) is 0 Å². The molecule has 1 atom stereocenters. The third kappa shape index (κ3) is 8.09. The molecule has 1 aliphatic heterocycles. The van der Waals surface area contributed by atoms with Crippen LogP contribution in [0.15, 0.2) is 23.2 Å². The Morgan fingerprint density at radius 2 is 2.19 bits per heavy atom. The first kappa shape index (κ1) is 23.0. The number of rotatable bonds is 9. The lowest BCUT2D eigenvalue weighted by Crippen LogP contribution is -2.37. The Kier molecular flexibility index (Phi) is 11.6. The van der Waals surface area contributed by atoms with Crippen molar-refractivity contribution in [2.45, 2.75) is 38.8 Å². The fourth-order valence-corrected chi connectivity index (χ4v) is 2.77. The molecule has 26 heavy (non-hydrogen) atoms. The summed E-state index contributed by atoms with van der Waals surface area (Å²) < 4.78 is 16.6. The molecule has 0 radical (unpaired) electrons. The highest BCUT2D eigenvalue weighted by molar-refractivity contribution is 14.0. The van der Waals surface area contributed by atoms with Gasteiger partial charge in [-0.25, -0.2) is 0 Å². The van der Waals surface area contributed by atoms with Gasteiger partial charge in [0.05, 0.1) is 19.8 Å². The van der Waals surface area contributed by atoms with E-state index in [1.165, 1.54) is 5.56 Å². The fourth-order valence-electron chi connectivity index (χ4n) is 2.77. The maximum Gasteiger partial charge on any atom is 0.191 e. The molecule has 1 unspecified atom stereocenters. The second-order valence-corrected chi connectivity index (χ2v) is 6.23. The standard InChI is InChI=1S/C19H31N3O3.HI/c1-15-7-8-16(18(12-15)23-3)13-22-19(20-2)21-9-5-10-24-14-17-6-4-11-25-17;/h7-8,12,17H,4-6,9-11,13-14H2,1-3H3,(H2,20,21,22);1H. The van der Waals surface area contributed by atoms with Crippen LogP contribution in [0.4, 0.5) is 0 Å². The summed E-state index contributed by atoms with van der Waals surface area (Å²) in [7, 11) is 3.47. The zero-order valence-electron chi connectivity index (χ0n) is 16.0. The number of aryl methyl sites for hydroxylation is 1. The normalized spacial score (nSPS) is 16.9. The van der Waals surface area contributed by atoms with Crippen LogP contribution in [-0.2, 0) is 16.0 Å². The first-order valence-corrected chi connectivity index (χ1v) is 9.00. The molecule has 148 valence electrons. The van der Waals surface area contributed by atoms with Crippen LogP contribution in [-0.4, -0.2) is 52.6 Å². The van der Waals surface area contributed by atoms with E-state index in [0.29, 0.717) is 19.3 Å². The molecule has 2 rings (SSSR count). The number of benzene rings is 1. The Morgan fingerprint density at radius 3 is 2.88 bits per heavy atom. The highest BCUT2D eigenvalue weighted by Crippen LogP contribution is 2.19. The van der Waals surface area contributed by atoms with Crippen LogP contribution in [0.2, 0.25) is 0 Å². The second kappa shape index (κ2) is 13.2. The van der Waals surface area contributed by atoms with Gasteiger partial charge in [-0.2, -0.15) is 0 Å². The van der Waals surface area contributed by atoms with E-state index in [2.05, 4.69) is 34.7 Å². The number of aliphatic imine (C=N–C) groups is 1. The van der Waals surface area contributed by atoms with E-state index in [1.807, 2.05) is 6.07 Å². The molecule has 0 bridgehead atoms. The van der Waals surface area contributed by atoms with Crippen LogP contribution in [0, 0.1) is 6.92 Å². The van der Waals surface area contributed by atoms with Gasteiger partial charge < -0.3 is 24.8 Å². The van der Waals surface area contributed by atoms with Crippen LogP contribution < -0.4 is 15.4 Å². The van der Waals surface area contributed by atoms with Crippen molar-refractivity contribution in [3.05, 3.63) is 29.3 Å². The lowest BCUT2D eigenvalue weighted by molar-refractivity contribution is 0.0168. The van der Waals surface area contributed by atoms with Gasteiger partial charge in [0, 0.05) is 38.9 Å². The van der Waals surface area contributed by atoms with Gasteiger partial charge >= 0.3 is 0 Å². The average Bonchev–Trinajstić information content (AvgIpc) is 3.14. The Balaban J connectivity index is 0.00000338. The third-order valence-electron chi connectivity index (χ3n) is 4.20. The minimum atomic E-state index is 0. The van der Waals surface area contributed by atoms with Gasteiger partial charge in [-0.3, -0.25) is 4.99 Å². The number of halogens is 1. The number of hydrogen-bond donors (Lipinski definition) is 2. The average molecular weight is 477 g/mol. The lowest BCUT2D eigenvalue weighted by Gasteiger charge is -2.14. The quantitative estimate of drug-likeness (QED) is 0.248. The Bertz CT molecular complexity index is 549. The van der Waals surface area contributed by atoms with Crippen molar-refractivity contribution in [2.24, 2.45) is 4.99 Å². The number of nitrogens with one attached hydrogen (secondary N) is 2. The first-order valence-electron chi connectivity index (χ1n) is 9.00. The van der Waals surface area contributed by atoms with Gasteiger partial charge in [0.25, 0.3) is 0 Å². The maximum atomic E-state index is 5.66. The van der Waals surface area contributed by atoms with Crippen molar-refractivity contribution < 1.29 is 14.2 Å². The zero-order chi connectivity index (χ0) is 17.9. The second-order valence-electron chi connectivity index (χ2n) is 6.23. The lowest BCUT2D eigenvalue weighted by atomic mass is 10.1. The van der Waals surface area contributed by atoms with Gasteiger partial charge in [0.2, 0.25) is 0 Å². The highest BCUT2D eigenvalue weighted by atomic mass is 127. The summed E-state index contributed by atoms with van der Waals surface area (Å²) in [6.07, 6.45) is 3.51. The minimum absolute atomic E-state index is 0. The number of methoxy groups -OCH3 is 1. The first-order chi connectivity index (χ1) is 12.2. The molecule has 1 saturated heterocycles. The minimum Gasteiger partial charge on any atom is -0.496 e. The van der Waals surface area contributed by atoms with Gasteiger partial charge in [0.1, 0.15) is 5.75 Å². The molecule has 1 fully saturated rings. The molecule has 2 N–H and O–H groups in total. The molecule has 0 saturated carbocycles. The maximum absolute atomic E-state index is 5.66. The van der Waals surface area contributed by atoms with E-state index in [4.69, 9.17) is 14.2 Å². The van der Waals surface area contributed by atoms with Crippen molar-refractivity contribution in [2.75, 3.05) is 40.5 Å². The molecule has 0 spiro atoms. The summed E-state index contributed by atoms with van der Waals surface area (Å²) in [6.45, 7) is 5.86. The summed E-state index contributed by atoms with van der Waals surface area (Å²) in [5.41, 5.74) is 2.29. The van der Waals surface area contributed by atoms with E-state index in [1.54, 1.807) is 14.2 Å². The number of hydrogen-bond acceptors (Lipinski definition) is 4. The predicted octanol–water partition coefficient (Wildman–Crippen LogP) is 2.87. The van der Waals surface area contributed by atoms with Gasteiger partial charge in [-0.05, 0) is 37.8 Å². The van der Waals surface area contributed by atoms with Crippen LogP contribution >= 0.6 is 24.0 Å². The molecule has 0 aromatic heterocycles. The van der Waals surface area contributed by atoms with Gasteiger partial charge in [-0.15, -0.1) is 24.0 Å². The van der Waals surface area contributed by atoms with E-state index < -0.39 is 0 Å². The molecular weight excluding hydrogens is 445 g/mol.